The maximum Gasteiger partial charge on any atom is 0.270 e. The number of aromatic nitrogens is 1. The first-order valence-electron chi connectivity index (χ1n) is 9.26. The molecule has 0 amide bonds. The Morgan fingerprint density at radius 3 is 2.48 bits per heavy atom. The van der Waals surface area contributed by atoms with Crippen LogP contribution in [-0.4, -0.2) is 24.0 Å². The molecule has 0 spiro atoms. The van der Waals surface area contributed by atoms with Crippen LogP contribution in [0.3, 0.4) is 0 Å². The molecule has 0 aliphatic rings. The minimum absolute atomic E-state index is 0.103. The summed E-state index contributed by atoms with van der Waals surface area (Å²) >= 11 is 0. The number of nitro groups is 1. The van der Waals surface area contributed by atoms with E-state index >= 15 is 0 Å². The molecular weight excluding hydrogens is 418 g/mol. The zero-order valence-corrected chi connectivity index (χ0v) is 18.0. The number of rotatable bonds is 7. The first kappa shape index (κ1) is 21.9. The summed E-state index contributed by atoms with van der Waals surface area (Å²) in [6.07, 6.45) is 3.25. The molecule has 9 nitrogen and oxygen atoms in total. The van der Waals surface area contributed by atoms with E-state index in [-0.39, 0.29) is 16.3 Å². The number of hydrogen-bond acceptors (Lipinski definition) is 7. The number of benzene rings is 2. The number of pyridine rings is 1. The number of sulfonamides is 1. The number of anilines is 2. The number of hydrazone groups is 1. The van der Waals surface area contributed by atoms with E-state index in [2.05, 4.69) is 20.2 Å². The van der Waals surface area contributed by atoms with E-state index in [1.165, 1.54) is 12.1 Å². The maximum absolute atomic E-state index is 13.1. The summed E-state index contributed by atoms with van der Waals surface area (Å²) in [5.41, 5.74) is 5.88. The number of nitrogens with zero attached hydrogens (tertiary/aromatic N) is 3. The van der Waals surface area contributed by atoms with Crippen LogP contribution in [0.1, 0.15) is 23.6 Å². The van der Waals surface area contributed by atoms with Gasteiger partial charge in [0.15, 0.2) is 0 Å². The summed E-state index contributed by atoms with van der Waals surface area (Å²) in [6.45, 7) is 5.41. The minimum Gasteiger partial charge on any atom is -0.279 e. The molecule has 2 N–H and O–H groups in total. The van der Waals surface area contributed by atoms with Gasteiger partial charge in [0.2, 0.25) is 0 Å². The molecule has 0 radical (unpaired) electrons. The fourth-order valence-electron chi connectivity index (χ4n) is 2.85. The highest BCUT2D eigenvalue weighted by Crippen LogP contribution is 2.29. The Hall–Kier alpha value is -3.79. The number of aryl methyl sites for hydroxylation is 2. The molecule has 3 rings (SSSR count). The summed E-state index contributed by atoms with van der Waals surface area (Å²) < 4.78 is 28.7. The molecule has 0 fully saturated rings. The van der Waals surface area contributed by atoms with Gasteiger partial charge in [0.25, 0.3) is 15.7 Å². The second kappa shape index (κ2) is 8.92. The van der Waals surface area contributed by atoms with Gasteiger partial charge in [-0.1, -0.05) is 23.8 Å². The van der Waals surface area contributed by atoms with Crippen molar-refractivity contribution >= 4 is 32.8 Å². The predicted octanol–water partition coefficient (Wildman–Crippen LogP) is 4.24. The van der Waals surface area contributed by atoms with E-state index in [0.717, 1.165) is 22.8 Å². The van der Waals surface area contributed by atoms with Gasteiger partial charge in [-0.2, -0.15) is 5.10 Å². The molecule has 31 heavy (non-hydrogen) atoms. The van der Waals surface area contributed by atoms with Crippen molar-refractivity contribution in [2.24, 2.45) is 5.10 Å². The van der Waals surface area contributed by atoms with Crippen LogP contribution in [0, 0.1) is 24.0 Å². The van der Waals surface area contributed by atoms with Crippen molar-refractivity contribution in [1.29, 1.82) is 0 Å². The van der Waals surface area contributed by atoms with Gasteiger partial charge in [0.1, 0.15) is 4.90 Å². The lowest BCUT2D eigenvalue weighted by Crippen LogP contribution is -2.16. The van der Waals surface area contributed by atoms with Crippen molar-refractivity contribution in [1.82, 2.24) is 4.98 Å². The normalized spacial score (nSPS) is 11.8. The fourth-order valence-corrected chi connectivity index (χ4v) is 4.16. The van der Waals surface area contributed by atoms with Crippen LogP contribution in [-0.2, 0) is 10.0 Å². The molecule has 0 aliphatic heterocycles. The molecule has 0 aliphatic carbocycles. The highest BCUT2D eigenvalue weighted by atomic mass is 32.2. The van der Waals surface area contributed by atoms with Gasteiger partial charge in [0.05, 0.1) is 22.0 Å². The lowest BCUT2D eigenvalue weighted by atomic mass is 10.1. The number of nitrogens with one attached hydrogen (secondary N) is 2. The van der Waals surface area contributed by atoms with Crippen LogP contribution in [0.5, 0.6) is 0 Å². The summed E-state index contributed by atoms with van der Waals surface area (Å²) in [5.74, 6) is 0. The van der Waals surface area contributed by atoms with Crippen LogP contribution in [0.2, 0.25) is 0 Å². The molecule has 3 aromatic rings. The molecule has 1 aromatic heterocycles. The lowest BCUT2D eigenvalue weighted by molar-refractivity contribution is -0.385. The van der Waals surface area contributed by atoms with Crippen molar-refractivity contribution in [3.8, 4) is 0 Å². The van der Waals surface area contributed by atoms with E-state index in [4.69, 9.17) is 0 Å². The number of nitro benzene ring substituents is 1. The Bertz CT molecular complexity index is 1260. The predicted molar refractivity (Wildman–Crippen MR) is 120 cm³/mol. The van der Waals surface area contributed by atoms with Crippen LogP contribution < -0.4 is 10.1 Å². The third-order valence-electron chi connectivity index (χ3n) is 4.52. The van der Waals surface area contributed by atoms with Crippen LogP contribution in [0.4, 0.5) is 17.1 Å². The molecule has 0 atom stereocenters. The number of non-ortho nitro benzene ring substituents is 1. The van der Waals surface area contributed by atoms with E-state index in [9.17, 15) is 18.5 Å². The highest BCUT2D eigenvalue weighted by molar-refractivity contribution is 7.92. The van der Waals surface area contributed by atoms with Gasteiger partial charge >= 0.3 is 0 Å². The molecule has 160 valence electrons. The van der Waals surface area contributed by atoms with Crippen molar-refractivity contribution in [2.45, 2.75) is 25.7 Å². The largest absolute Gasteiger partial charge is 0.279 e. The molecule has 0 unspecified atom stereocenters. The van der Waals surface area contributed by atoms with Gasteiger partial charge in [-0.15, -0.1) is 0 Å². The average molecular weight is 439 g/mol. The Labute approximate surface area is 180 Å². The van der Waals surface area contributed by atoms with E-state index < -0.39 is 14.9 Å². The molecule has 0 saturated carbocycles. The molecular formula is C21H21N5O4S. The van der Waals surface area contributed by atoms with E-state index in [0.29, 0.717) is 11.4 Å². The third kappa shape index (κ3) is 5.23. The summed E-state index contributed by atoms with van der Waals surface area (Å²) in [5, 5.41) is 15.4. The average Bonchev–Trinajstić information content (AvgIpc) is 2.74. The van der Waals surface area contributed by atoms with Crippen LogP contribution >= 0.6 is 0 Å². The Morgan fingerprint density at radius 2 is 1.84 bits per heavy atom. The topological polar surface area (TPSA) is 127 Å². The smallest absolute Gasteiger partial charge is 0.270 e. The second-order valence-electron chi connectivity index (χ2n) is 6.91. The number of hydrogen-bond donors (Lipinski definition) is 2. The van der Waals surface area contributed by atoms with Crippen molar-refractivity contribution in [2.75, 3.05) is 10.1 Å². The Balaban J connectivity index is 2.00. The van der Waals surface area contributed by atoms with Crippen molar-refractivity contribution in [3.63, 3.8) is 0 Å². The van der Waals surface area contributed by atoms with Crippen molar-refractivity contribution in [3.05, 3.63) is 87.7 Å². The zero-order valence-electron chi connectivity index (χ0n) is 17.2. The molecule has 10 heteroatoms. The summed E-state index contributed by atoms with van der Waals surface area (Å²) in [7, 11) is -4.15. The fraction of sp³-hybridized carbons (Fsp3) is 0.143. The standard InChI is InChI=1S/C21H21N5O4S/c1-14-6-8-19(15(2)11-14)25-31(29,30)21-12-18(26(27)28)7-9-20(21)24-23-16(3)17-5-4-10-22-13-17/h4-13,24-25H,1-3H3/b23-16-. The maximum atomic E-state index is 13.1. The van der Waals surface area contributed by atoms with Gasteiger partial charge in [0, 0.05) is 30.1 Å². The van der Waals surface area contributed by atoms with Gasteiger partial charge < -0.3 is 0 Å². The summed E-state index contributed by atoms with van der Waals surface area (Å²) in [4.78, 5) is 14.3. The monoisotopic (exact) mass is 439 g/mol. The third-order valence-corrected chi connectivity index (χ3v) is 5.92. The van der Waals surface area contributed by atoms with Crippen LogP contribution in [0.25, 0.3) is 0 Å². The highest BCUT2D eigenvalue weighted by Gasteiger charge is 2.23. The van der Waals surface area contributed by atoms with Crippen molar-refractivity contribution < 1.29 is 13.3 Å². The lowest BCUT2D eigenvalue weighted by Gasteiger charge is -2.14. The van der Waals surface area contributed by atoms with Gasteiger partial charge in [-0.25, -0.2) is 8.42 Å². The zero-order chi connectivity index (χ0) is 22.6. The molecule has 2 aromatic carbocycles. The second-order valence-corrected chi connectivity index (χ2v) is 8.56. The molecule has 0 bridgehead atoms. The quantitative estimate of drug-likeness (QED) is 0.322. The first-order valence-corrected chi connectivity index (χ1v) is 10.7. The first-order chi connectivity index (χ1) is 14.7. The molecule has 0 saturated heterocycles. The van der Waals surface area contributed by atoms with Gasteiger partial charge in [-0.3, -0.25) is 25.2 Å². The summed E-state index contributed by atoms with van der Waals surface area (Å²) in [6, 6.07) is 12.4. The Kier molecular flexibility index (Phi) is 6.30. The van der Waals surface area contributed by atoms with Gasteiger partial charge in [-0.05, 0) is 44.5 Å². The van der Waals surface area contributed by atoms with E-state index in [1.807, 2.05) is 19.1 Å². The minimum atomic E-state index is -4.15. The Morgan fingerprint density at radius 1 is 1.10 bits per heavy atom. The molecule has 1 heterocycles. The SMILES string of the molecule is C/C(=N/Nc1ccc([N+](=O)[O-])cc1S(=O)(=O)Nc1ccc(C)cc1C)c1cccnc1. The van der Waals surface area contributed by atoms with Crippen LogP contribution in [0.15, 0.2) is 70.9 Å². The van der Waals surface area contributed by atoms with E-state index in [1.54, 1.807) is 44.4 Å².